The molecule has 0 aromatic heterocycles. The van der Waals surface area contributed by atoms with Gasteiger partial charge in [0.2, 0.25) is 0 Å². The molecule has 4 nitrogen and oxygen atoms in total. The number of benzene rings is 1. The van der Waals surface area contributed by atoms with Crippen LogP contribution in [0, 0.1) is 6.92 Å². The fraction of sp³-hybridized carbons (Fsp3) is 0.385. The predicted molar refractivity (Wildman–Crippen MR) is 67.2 cm³/mol. The van der Waals surface area contributed by atoms with Gasteiger partial charge in [-0.25, -0.2) is 4.79 Å². The van der Waals surface area contributed by atoms with E-state index in [2.05, 4.69) is 56.8 Å². The van der Waals surface area contributed by atoms with Crippen molar-refractivity contribution in [3.05, 3.63) is 40.9 Å². The molecule has 0 saturated heterocycles. The Morgan fingerprint density at radius 3 is 2.00 bits per heavy atom. The van der Waals surface area contributed by atoms with E-state index in [1.807, 2.05) is 0 Å². The molecule has 0 amide bonds. The molecule has 4 heteroatoms. The van der Waals surface area contributed by atoms with Gasteiger partial charge in [0.1, 0.15) is 0 Å². The van der Waals surface area contributed by atoms with E-state index in [-0.39, 0.29) is 5.41 Å². The summed E-state index contributed by atoms with van der Waals surface area (Å²) >= 11 is 0. The van der Waals surface area contributed by atoms with E-state index in [9.17, 15) is 4.79 Å². The number of carbonyl (C=O) groups is 1. The maximum atomic E-state index is 9.29. The van der Waals surface area contributed by atoms with Crippen molar-refractivity contribution in [3.63, 3.8) is 0 Å². The van der Waals surface area contributed by atoms with Crippen molar-refractivity contribution in [2.24, 2.45) is 0 Å². The summed E-state index contributed by atoms with van der Waals surface area (Å²) in [4.78, 5) is 11.5. The van der Waals surface area contributed by atoms with Crippen LogP contribution in [0.3, 0.4) is 0 Å². The first-order valence-electron chi connectivity index (χ1n) is 5.25. The fourth-order valence-corrected chi connectivity index (χ4v) is 1.10. The monoisotopic (exact) mass is 234 g/mol. The molecule has 17 heavy (non-hydrogen) atoms. The molecule has 92 valence electrons. The van der Waals surface area contributed by atoms with Crippen LogP contribution in [-0.2, 0) is 10.2 Å². The Balaban J connectivity index is 0.000000366. The molecule has 1 rings (SSSR count). The third-order valence-corrected chi connectivity index (χ3v) is 2.09. The van der Waals surface area contributed by atoms with Gasteiger partial charge in [-0.2, -0.15) is 4.79 Å². The van der Waals surface area contributed by atoms with Crippen LogP contribution in [0.5, 0.6) is 0 Å². The highest BCUT2D eigenvalue weighted by molar-refractivity contribution is 6.19. The standard InChI is InChI=1S/C11H16.C2H2N2O2/c1-9-5-7-10(8-6-9)11(2,3)4;3-4-1-2(5)6/h5-8H,1-4H3;1H,(H,5,6). The summed E-state index contributed by atoms with van der Waals surface area (Å²) in [6, 6.07) is 8.74. The number of aliphatic carboxylic acids is 1. The van der Waals surface area contributed by atoms with Gasteiger partial charge in [-0.3, -0.25) is 0 Å². The first-order chi connectivity index (χ1) is 7.77. The fourth-order valence-electron chi connectivity index (χ4n) is 1.10. The van der Waals surface area contributed by atoms with E-state index >= 15 is 0 Å². The Hall–Kier alpha value is -1.93. The predicted octanol–water partition coefficient (Wildman–Crippen LogP) is 2.66. The molecule has 0 spiro atoms. The molecule has 0 aliphatic rings. The molecular weight excluding hydrogens is 216 g/mol. The lowest BCUT2D eigenvalue weighted by molar-refractivity contribution is -0.132. The quantitative estimate of drug-likeness (QED) is 0.461. The number of hydrogen-bond donors (Lipinski definition) is 1. The zero-order chi connectivity index (χ0) is 13.5. The van der Waals surface area contributed by atoms with Crippen LogP contribution in [0.2, 0.25) is 0 Å². The lowest BCUT2D eigenvalue weighted by Gasteiger charge is -2.18. The minimum Gasteiger partial charge on any atom is -0.473 e. The molecular formula is C13H18N2O2. The van der Waals surface area contributed by atoms with Crippen LogP contribution >= 0.6 is 0 Å². The van der Waals surface area contributed by atoms with Crippen molar-refractivity contribution in [3.8, 4) is 0 Å². The normalized spacial score (nSPS) is 9.65. The topological polar surface area (TPSA) is 73.7 Å². The van der Waals surface area contributed by atoms with Crippen LogP contribution in [0.25, 0.3) is 5.53 Å². The number of aryl methyl sites for hydroxylation is 1. The highest BCUT2D eigenvalue weighted by atomic mass is 16.4. The minimum atomic E-state index is -1.25. The van der Waals surface area contributed by atoms with Crippen LogP contribution < -0.4 is 0 Å². The molecule has 0 bridgehead atoms. The Bertz CT molecular complexity index is 410. The molecule has 0 aliphatic heterocycles. The number of rotatable bonds is 1. The van der Waals surface area contributed by atoms with Gasteiger partial charge in [-0.1, -0.05) is 50.6 Å². The van der Waals surface area contributed by atoms with Gasteiger partial charge in [0.15, 0.2) is 0 Å². The summed E-state index contributed by atoms with van der Waals surface area (Å²) < 4.78 is 0. The smallest absolute Gasteiger partial charge is 0.411 e. The minimum absolute atomic E-state index is 0.285. The summed E-state index contributed by atoms with van der Waals surface area (Å²) in [7, 11) is 0. The van der Waals surface area contributed by atoms with Crippen LogP contribution in [0.15, 0.2) is 24.3 Å². The maximum absolute atomic E-state index is 9.29. The van der Waals surface area contributed by atoms with Gasteiger partial charge in [0.05, 0.1) is 0 Å². The molecule has 0 fully saturated rings. The molecule has 0 unspecified atom stereocenters. The molecule has 0 aliphatic carbocycles. The highest BCUT2D eigenvalue weighted by Crippen LogP contribution is 2.21. The lowest BCUT2D eigenvalue weighted by Crippen LogP contribution is -2.10. The van der Waals surface area contributed by atoms with E-state index in [0.717, 1.165) is 0 Å². The summed E-state index contributed by atoms with van der Waals surface area (Å²) in [6.07, 6.45) is 0.389. The third kappa shape index (κ3) is 7.03. The number of carboxylic acids is 1. The maximum Gasteiger partial charge on any atom is 0.411 e. The van der Waals surface area contributed by atoms with Crippen molar-refractivity contribution in [1.82, 2.24) is 0 Å². The van der Waals surface area contributed by atoms with E-state index in [4.69, 9.17) is 10.6 Å². The Kier molecular flexibility index (Phi) is 5.86. The van der Waals surface area contributed by atoms with E-state index < -0.39 is 5.97 Å². The molecule has 0 saturated carbocycles. The number of carboxylic acid groups (broad SMARTS) is 1. The summed E-state index contributed by atoms with van der Waals surface area (Å²) in [6.45, 7) is 8.82. The Morgan fingerprint density at radius 1 is 1.29 bits per heavy atom. The third-order valence-electron chi connectivity index (χ3n) is 2.09. The van der Waals surface area contributed by atoms with Gasteiger partial charge in [-0.05, 0) is 17.9 Å². The van der Waals surface area contributed by atoms with Crippen molar-refractivity contribution < 1.29 is 14.7 Å². The van der Waals surface area contributed by atoms with Crippen LogP contribution in [0.4, 0.5) is 0 Å². The molecule has 1 N–H and O–H groups in total. The summed E-state index contributed by atoms with van der Waals surface area (Å²) in [5, 5.41) is 7.60. The zero-order valence-corrected chi connectivity index (χ0v) is 10.6. The lowest BCUT2D eigenvalue weighted by atomic mass is 9.87. The average Bonchev–Trinajstić information content (AvgIpc) is 2.17. The second-order valence-corrected chi connectivity index (χ2v) is 4.70. The van der Waals surface area contributed by atoms with Gasteiger partial charge in [0.25, 0.3) is 0 Å². The first-order valence-corrected chi connectivity index (χ1v) is 5.25. The van der Waals surface area contributed by atoms with E-state index in [1.165, 1.54) is 11.1 Å². The molecule has 0 atom stereocenters. The largest absolute Gasteiger partial charge is 0.473 e. The van der Waals surface area contributed by atoms with E-state index in [1.54, 1.807) is 0 Å². The average molecular weight is 234 g/mol. The van der Waals surface area contributed by atoms with Crippen molar-refractivity contribution in [2.75, 3.05) is 0 Å². The van der Waals surface area contributed by atoms with Gasteiger partial charge >= 0.3 is 12.2 Å². The Morgan fingerprint density at radius 2 is 1.76 bits per heavy atom. The first kappa shape index (κ1) is 15.1. The van der Waals surface area contributed by atoms with Crippen LogP contribution in [0.1, 0.15) is 31.9 Å². The zero-order valence-electron chi connectivity index (χ0n) is 10.6. The molecule has 0 radical (unpaired) electrons. The summed E-state index contributed by atoms with van der Waals surface area (Å²) in [5.74, 6) is -1.25. The number of hydrogen-bond acceptors (Lipinski definition) is 1. The summed E-state index contributed by atoms with van der Waals surface area (Å²) in [5.41, 5.74) is 10.4. The van der Waals surface area contributed by atoms with Crippen molar-refractivity contribution >= 4 is 12.2 Å². The van der Waals surface area contributed by atoms with Gasteiger partial charge in [-0.15, -0.1) is 0 Å². The molecule has 1 aromatic rings. The van der Waals surface area contributed by atoms with Gasteiger partial charge < -0.3 is 10.6 Å². The second-order valence-electron chi connectivity index (χ2n) is 4.70. The number of nitrogens with zero attached hydrogens (tertiary/aromatic N) is 2. The van der Waals surface area contributed by atoms with Crippen molar-refractivity contribution in [2.45, 2.75) is 33.1 Å². The van der Waals surface area contributed by atoms with E-state index in [0.29, 0.717) is 6.21 Å². The van der Waals surface area contributed by atoms with Crippen LogP contribution in [-0.4, -0.2) is 22.1 Å². The SMILES string of the molecule is Cc1ccc(C(C)(C)C)cc1.[N-]=[N+]=CC(=O)O. The van der Waals surface area contributed by atoms with Gasteiger partial charge in [0, 0.05) is 0 Å². The molecule has 1 aromatic carbocycles. The molecule has 0 heterocycles. The Labute approximate surface area is 102 Å². The highest BCUT2D eigenvalue weighted by Gasteiger charge is 2.11. The van der Waals surface area contributed by atoms with Crippen molar-refractivity contribution in [1.29, 1.82) is 0 Å². The second kappa shape index (κ2) is 6.61.